The topological polar surface area (TPSA) is 56.3 Å². The van der Waals surface area contributed by atoms with E-state index in [-0.39, 0.29) is 5.12 Å². The molecule has 0 aliphatic carbocycles. The Hall–Kier alpha value is -1.36. The van der Waals surface area contributed by atoms with Gasteiger partial charge in [0.25, 0.3) is 0 Å². The van der Waals surface area contributed by atoms with Crippen LogP contribution in [0.5, 0.6) is 0 Å². The molecule has 0 aliphatic heterocycles. The SMILES string of the molecule is CCCC(=O)Sc1ncccc1C(=O)OC. The van der Waals surface area contributed by atoms with Crippen LogP contribution in [0.2, 0.25) is 0 Å². The number of thioether (sulfide) groups is 1. The van der Waals surface area contributed by atoms with Gasteiger partial charge in [-0.05, 0) is 30.3 Å². The van der Waals surface area contributed by atoms with Crippen molar-refractivity contribution in [3.8, 4) is 0 Å². The predicted octanol–water partition coefficient (Wildman–Crippen LogP) is 2.29. The van der Waals surface area contributed by atoms with E-state index in [9.17, 15) is 9.59 Å². The van der Waals surface area contributed by atoms with Gasteiger partial charge in [0.2, 0.25) is 0 Å². The molecular weight excluding hydrogens is 226 g/mol. The molecule has 1 rings (SSSR count). The zero-order valence-corrected chi connectivity index (χ0v) is 10.0. The van der Waals surface area contributed by atoms with Crippen LogP contribution in [0.25, 0.3) is 0 Å². The minimum absolute atomic E-state index is 0.00588. The van der Waals surface area contributed by atoms with E-state index in [0.29, 0.717) is 17.0 Å². The van der Waals surface area contributed by atoms with Gasteiger partial charge in [-0.1, -0.05) is 6.92 Å². The summed E-state index contributed by atoms with van der Waals surface area (Å²) in [5, 5.41) is 0.416. The van der Waals surface area contributed by atoms with E-state index in [1.165, 1.54) is 7.11 Å². The number of ether oxygens (including phenoxy) is 1. The van der Waals surface area contributed by atoms with Crippen molar-refractivity contribution in [1.82, 2.24) is 4.98 Å². The molecule has 0 aromatic carbocycles. The third kappa shape index (κ3) is 3.34. The molecule has 0 saturated heterocycles. The molecule has 0 aliphatic rings. The molecule has 0 saturated carbocycles. The van der Waals surface area contributed by atoms with Gasteiger partial charge in [-0.3, -0.25) is 4.79 Å². The number of hydrogen-bond donors (Lipinski definition) is 0. The standard InChI is InChI=1S/C11H13NO3S/c1-3-5-9(13)16-10-8(11(14)15-2)6-4-7-12-10/h4,6-7H,3,5H2,1-2H3. The number of methoxy groups -OCH3 is 1. The fraction of sp³-hybridized carbons (Fsp3) is 0.364. The van der Waals surface area contributed by atoms with E-state index in [1.807, 2.05) is 6.92 Å². The summed E-state index contributed by atoms with van der Waals surface area (Å²) in [7, 11) is 1.30. The first-order valence-electron chi connectivity index (χ1n) is 4.93. The number of pyridine rings is 1. The molecule has 0 fully saturated rings. The lowest BCUT2D eigenvalue weighted by Crippen LogP contribution is -2.05. The highest BCUT2D eigenvalue weighted by Gasteiger charge is 2.15. The fourth-order valence-corrected chi connectivity index (χ4v) is 2.00. The number of carbonyl (C=O) groups excluding carboxylic acids is 2. The van der Waals surface area contributed by atoms with Gasteiger partial charge in [0, 0.05) is 12.6 Å². The lowest BCUT2D eigenvalue weighted by Gasteiger charge is -2.04. The Morgan fingerprint density at radius 3 is 2.88 bits per heavy atom. The maximum Gasteiger partial charge on any atom is 0.340 e. The van der Waals surface area contributed by atoms with Crippen LogP contribution < -0.4 is 0 Å². The Kier molecular flexibility index (Phi) is 4.98. The van der Waals surface area contributed by atoms with E-state index in [0.717, 1.165) is 18.2 Å². The average molecular weight is 239 g/mol. The van der Waals surface area contributed by atoms with Gasteiger partial charge in [0.15, 0.2) is 5.12 Å². The van der Waals surface area contributed by atoms with Gasteiger partial charge >= 0.3 is 5.97 Å². The molecule has 0 atom stereocenters. The van der Waals surface area contributed by atoms with Gasteiger partial charge in [-0.2, -0.15) is 0 Å². The van der Waals surface area contributed by atoms with Crippen molar-refractivity contribution < 1.29 is 14.3 Å². The quantitative estimate of drug-likeness (QED) is 0.596. The lowest BCUT2D eigenvalue weighted by atomic mass is 10.3. The largest absolute Gasteiger partial charge is 0.465 e. The highest BCUT2D eigenvalue weighted by Crippen LogP contribution is 2.22. The van der Waals surface area contributed by atoms with E-state index < -0.39 is 5.97 Å². The maximum atomic E-state index is 11.4. The summed E-state index contributed by atoms with van der Waals surface area (Å²) in [6.07, 6.45) is 2.81. The minimum atomic E-state index is -0.472. The Labute approximate surface area is 98.4 Å². The summed E-state index contributed by atoms with van der Waals surface area (Å²) < 4.78 is 4.61. The van der Waals surface area contributed by atoms with Crippen LogP contribution in [-0.4, -0.2) is 23.2 Å². The summed E-state index contributed by atoms with van der Waals surface area (Å²) in [5.74, 6) is -0.472. The van der Waals surface area contributed by atoms with Crippen LogP contribution in [0.4, 0.5) is 0 Å². The smallest absolute Gasteiger partial charge is 0.340 e. The van der Waals surface area contributed by atoms with E-state index in [2.05, 4.69) is 9.72 Å². The van der Waals surface area contributed by atoms with Crippen molar-refractivity contribution in [3.63, 3.8) is 0 Å². The summed E-state index contributed by atoms with van der Waals surface area (Å²) in [6.45, 7) is 1.93. The third-order valence-corrected chi connectivity index (χ3v) is 2.79. The van der Waals surface area contributed by atoms with E-state index >= 15 is 0 Å². The number of hydrogen-bond acceptors (Lipinski definition) is 5. The summed E-state index contributed by atoms with van der Waals surface area (Å²) >= 11 is 0.988. The second-order valence-electron chi connectivity index (χ2n) is 3.07. The second kappa shape index (κ2) is 6.27. The van der Waals surface area contributed by atoms with E-state index in [4.69, 9.17) is 0 Å². The molecule has 1 aromatic rings. The first kappa shape index (κ1) is 12.7. The number of nitrogens with zero attached hydrogens (tertiary/aromatic N) is 1. The first-order valence-corrected chi connectivity index (χ1v) is 5.74. The van der Waals surface area contributed by atoms with Crippen LogP contribution in [-0.2, 0) is 9.53 Å². The first-order chi connectivity index (χ1) is 7.69. The van der Waals surface area contributed by atoms with Crippen molar-refractivity contribution in [3.05, 3.63) is 23.9 Å². The number of aromatic nitrogens is 1. The molecule has 0 spiro atoms. The van der Waals surface area contributed by atoms with Crippen LogP contribution in [0.3, 0.4) is 0 Å². The fourth-order valence-electron chi connectivity index (χ4n) is 1.10. The molecule has 0 radical (unpaired) electrons. The molecular formula is C11H13NO3S. The van der Waals surface area contributed by atoms with Crippen molar-refractivity contribution in [1.29, 1.82) is 0 Å². The monoisotopic (exact) mass is 239 g/mol. The number of esters is 1. The van der Waals surface area contributed by atoms with Crippen molar-refractivity contribution in [2.75, 3.05) is 7.11 Å². The average Bonchev–Trinajstić information content (AvgIpc) is 2.29. The van der Waals surface area contributed by atoms with Crippen LogP contribution in [0.15, 0.2) is 23.4 Å². The van der Waals surface area contributed by atoms with Crippen LogP contribution in [0, 0.1) is 0 Å². The van der Waals surface area contributed by atoms with E-state index in [1.54, 1.807) is 18.3 Å². The normalized spacial score (nSPS) is 9.88. The highest BCUT2D eigenvalue weighted by molar-refractivity contribution is 8.13. The van der Waals surface area contributed by atoms with Crippen LogP contribution in [0.1, 0.15) is 30.1 Å². The van der Waals surface area contributed by atoms with Gasteiger partial charge < -0.3 is 4.74 Å². The molecule has 4 nitrogen and oxygen atoms in total. The van der Waals surface area contributed by atoms with Crippen molar-refractivity contribution in [2.45, 2.75) is 24.8 Å². The zero-order chi connectivity index (χ0) is 12.0. The minimum Gasteiger partial charge on any atom is -0.465 e. The maximum absolute atomic E-state index is 11.4. The lowest BCUT2D eigenvalue weighted by molar-refractivity contribution is -0.111. The Bertz CT molecular complexity index is 393. The van der Waals surface area contributed by atoms with Crippen molar-refractivity contribution in [2.24, 2.45) is 0 Å². The number of carbonyl (C=O) groups is 2. The summed E-state index contributed by atoms with van der Waals surface area (Å²) in [4.78, 5) is 26.8. The third-order valence-electron chi connectivity index (χ3n) is 1.84. The summed E-state index contributed by atoms with van der Waals surface area (Å²) in [6, 6.07) is 3.24. The van der Waals surface area contributed by atoms with Crippen LogP contribution >= 0.6 is 11.8 Å². The molecule has 0 unspecified atom stereocenters. The highest BCUT2D eigenvalue weighted by atomic mass is 32.2. The zero-order valence-electron chi connectivity index (χ0n) is 9.23. The van der Waals surface area contributed by atoms with Crippen molar-refractivity contribution >= 4 is 22.8 Å². The number of rotatable bonds is 4. The molecule has 16 heavy (non-hydrogen) atoms. The molecule has 86 valence electrons. The molecule has 1 aromatic heterocycles. The van der Waals surface area contributed by atoms with Gasteiger partial charge in [-0.15, -0.1) is 0 Å². The second-order valence-corrected chi connectivity index (χ2v) is 4.12. The van der Waals surface area contributed by atoms with Gasteiger partial charge in [0.05, 0.1) is 12.7 Å². The molecule has 0 amide bonds. The Morgan fingerprint density at radius 1 is 1.50 bits per heavy atom. The predicted molar refractivity (Wildman–Crippen MR) is 61.3 cm³/mol. The molecule has 0 bridgehead atoms. The van der Waals surface area contributed by atoms with Gasteiger partial charge in [0.1, 0.15) is 5.03 Å². The Morgan fingerprint density at radius 2 is 2.25 bits per heavy atom. The molecule has 0 N–H and O–H groups in total. The summed E-state index contributed by atoms with van der Waals surface area (Å²) in [5.41, 5.74) is 0.333. The molecule has 5 heteroatoms. The molecule has 1 heterocycles. The van der Waals surface area contributed by atoms with Gasteiger partial charge in [-0.25, -0.2) is 9.78 Å². The Balaban J connectivity index is 2.87.